The summed E-state index contributed by atoms with van der Waals surface area (Å²) in [6.45, 7) is 2.69. The second kappa shape index (κ2) is 4.26. The van der Waals surface area contributed by atoms with E-state index in [9.17, 15) is 4.39 Å². The van der Waals surface area contributed by atoms with E-state index in [1.165, 1.54) is 0 Å². The Morgan fingerprint density at radius 1 is 1.27 bits per heavy atom. The maximum absolute atomic E-state index is 13.2. The SMILES string of the molecule is CCc1cc(F)cc(Cn2ccnc2)c1. The van der Waals surface area contributed by atoms with Gasteiger partial charge in [-0.15, -0.1) is 0 Å². The van der Waals surface area contributed by atoms with Crippen molar-refractivity contribution in [1.82, 2.24) is 9.55 Å². The summed E-state index contributed by atoms with van der Waals surface area (Å²) < 4.78 is 15.1. The molecule has 0 atom stereocenters. The molecule has 2 nitrogen and oxygen atoms in total. The summed E-state index contributed by atoms with van der Waals surface area (Å²) in [6.07, 6.45) is 6.18. The summed E-state index contributed by atoms with van der Waals surface area (Å²) in [5, 5.41) is 0. The van der Waals surface area contributed by atoms with Crippen LogP contribution < -0.4 is 0 Å². The number of hydrogen-bond donors (Lipinski definition) is 0. The van der Waals surface area contributed by atoms with E-state index in [-0.39, 0.29) is 5.82 Å². The maximum Gasteiger partial charge on any atom is 0.123 e. The number of halogens is 1. The van der Waals surface area contributed by atoms with Gasteiger partial charge in [0.1, 0.15) is 5.82 Å². The zero-order valence-corrected chi connectivity index (χ0v) is 8.65. The molecule has 0 radical (unpaired) electrons. The highest BCUT2D eigenvalue weighted by atomic mass is 19.1. The lowest BCUT2D eigenvalue weighted by molar-refractivity contribution is 0.621. The lowest BCUT2D eigenvalue weighted by Gasteiger charge is -2.05. The molecule has 1 aromatic carbocycles. The quantitative estimate of drug-likeness (QED) is 0.751. The van der Waals surface area contributed by atoms with Crippen molar-refractivity contribution in [2.45, 2.75) is 19.9 Å². The van der Waals surface area contributed by atoms with Gasteiger partial charge in [-0.25, -0.2) is 9.37 Å². The van der Waals surface area contributed by atoms with Crippen LogP contribution in [0.2, 0.25) is 0 Å². The Balaban J connectivity index is 2.24. The van der Waals surface area contributed by atoms with Gasteiger partial charge in [-0.2, -0.15) is 0 Å². The third kappa shape index (κ3) is 2.43. The third-order valence-corrected chi connectivity index (χ3v) is 2.35. The van der Waals surface area contributed by atoms with Gasteiger partial charge in [0.05, 0.1) is 6.33 Å². The Hall–Kier alpha value is -1.64. The first kappa shape index (κ1) is 9.90. The van der Waals surface area contributed by atoms with Crippen LogP contribution in [0.15, 0.2) is 36.9 Å². The Kier molecular flexibility index (Phi) is 2.81. The van der Waals surface area contributed by atoms with Crippen molar-refractivity contribution < 1.29 is 4.39 Å². The molecule has 0 N–H and O–H groups in total. The van der Waals surface area contributed by atoms with E-state index in [0.717, 1.165) is 17.5 Å². The second-order valence-electron chi connectivity index (χ2n) is 3.56. The minimum Gasteiger partial charge on any atom is -0.333 e. The highest BCUT2D eigenvalue weighted by Gasteiger charge is 2.00. The van der Waals surface area contributed by atoms with Gasteiger partial charge < -0.3 is 4.57 Å². The molecule has 0 amide bonds. The lowest BCUT2D eigenvalue weighted by Crippen LogP contribution is -1.98. The van der Waals surface area contributed by atoms with E-state index >= 15 is 0 Å². The van der Waals surface area contributed by atoms with Crippen LogP contribution in [0.4, 0.5) is 4.39 Å². The largest absolute Gasteiger partial charge is 0.333 e. The molecule has 15 heavy (non-hydrogen) atoms. The maximum atomic E-state index is 13.2. The Bertz CT molecular complexity index is 435. The Morgan fingerprint density at radius 2 is 2.07 bits per heavy atom. The molecule has 0 saturated heterocycles. The fourth-order valence-electron chi connectivity index (χ4n) is 1.60. The van der Waals surface area contributed by atoms with Crippen LogP contribution in [0.1, 0.15) is 18.1 Å². The topological polar surface area (TPSA) is 17.8 Å². The van der Waals surface area contributed by atoms with Crippen LogP contribution in [0.5, 0.6) is 0 Å². The molecule has 0 aliphatic carbocycles. The third-order valence-electron chi connectivity index (χ3n) is 2.35. The number of benzene rings is 1. The van der Waals surface area contributed by atoms with E-state index in [2.05, 4.69) is 4.98 Å². The molecule has 78 valence electrons. The molecule has 0 bridgehead atoms. The number of imidazole rings is 1. The molecule has 0 aliphatic rings. The first-order valence-electron chi connectivity index (χ1n) is 5.02. The van der Waals surface area contributed by atoms with Crippen LogP contribution in [0.25, 0.3) is 0 Å². The molecule has 0 aliphatic heterocycles. The summed E-state index contributed by atoms with van der Waals surface area (Å²) in [6, 6.07) is 5.18. The molecule has 0 fully saturated rings. The summed E-state index contributed by atoms with van der Waals surface area (Å²) in [7, 11) is 0. The van der Waals surface area contributed by atoms with E-state index in [0.29, 0.717) is 6.54 Å². The Morgan fingerprint density at radius 3 is 2.73 bits per heavy atom. The molecule has 1 heterocycles. The second-order valence-corrected chi connectivity index (χ2v) is 3.56. The van der Waals surface area contributed by atoms with Gasteiger partial charge in [0.2, 0.25) is 0 Å². The summed E-state index contributed by atoms with van der Waals surface area (Å²) in [5.41, 5.74) is 2.01. The fourth-order valence-corrected chi connectivity index (χ4v) is 1.60. The van der Waals surface area contributed by atoms with Crippen molar-refractivity contribution in [3.63, 3.8) is 0 Å². The van der Waals surface area contributed by atoms with Crippen molar-refractivity contribution in [1.29, 1.82) is 0 Å². The highest BCUT2D eigenvalue weighted by Crippen LogP contribution is 2.11. The van der Waals surface area contributed by atoms with Gasteiger partial charge in [-0.1, -0.05) is 13.0 Å². The number of nitrogens with zero attached hydrogens (tertiary/aromatic N) is 2. The highest BCUT2D eigenvalue weighted by molar-refractivity contribution is 5.24. The smallest absolute Gasteiger partial charge is 0.123 e. The first-order chi connectivity index (χ1) is 7.28. The van der Waals surface area contributed by atoms with Gasteiger partial charge >= 0.3 is 0 Å². The van der Waals surface area contributed by atoms with Crippen molar-refractivity contribution in [3.8, 4) is 0 Å². The van der Waals surface area contributed by atoms with E-state index < -0.39 is 0 Å². The van der Waals surface area contributed by atoms with E-state index in [1.54, 1.807) is 24.7 Å². The number of aryl methyl sites for hydroxylation is 1. The minimum absolute atomic E-state index is 0.163. The van der Waals surface area contributed by atoms with Crippen molar-refractivity contribution in [2.24, 2.45) is 0 Å². The summed E-state index contributed by atoms with van der Waals surface area (Å²) >= 11 is 0. The van der Waals surface area contributed by atoms with E-state index in [4.69, 9.17) is 0 Å². The molecular formula is C12H13FN2. The average molecular weight is 204 g/mol. The van der Waals surface area contributed by atoms with Gasteiger partial charge in [-0.3, -0.25) is 0 Å². The molecule has 2 rings (SSSR count). The standard InChI is InChI=1S/C12H13FN2/c1-2-10-5-11(7-12(13)6-10)8-15-4-3-14-9-15/h3-7,9H,2,8H2,1H3. The zero-order chi connectivity index (χ0) is 10.7. The van der Waals surface area contributed by atoms with Gasteiger partial charge in [0.25, 0.3) is 0 Å². The van der Waals surface area contributed by atoms with Crippen LogP contribution >= 0.6 is 0 Å². The van der Waals surface area contributed by atoms with Crippen LogP contribution in [-0.2, 0) is 13.0 Å². The zero-order valence-electron chi connectivity index (χ0n) is 8.65. The normalized spacial score (nSPS) is 10.5. The fraction of sp³-hybridized carbons (Fsp3) is 0.250. The molecular weight excluding hydrogens is 191 g/mol. The Labute approximate surface area is 88.4 Å². The predicted molar refractivity (Wildman–Crippen MR) is 57.1 cm³/mol. The minimum atomic E-state index is -0.163. The molecule has 0 unspecified atom stereocenters. The van der Waals surface area contributed by atoms with Gasteiger partial charge in [0.15, 0.2) is 0 Å². The molecule has 2 aromatic rings. The average Bonchev–Trinajstić information content (AvgIpc) is 2.69. The molecule has 0 saturated carbocycles. The summed E-state index contributed by atoms with van der Waals surface area (Å²) in [4.78, 5) is 3.95. The molecule has 1 aromatic heterocycles. The number of aromatic nitrogens is 2. The van der Waals surface area contributed by atoms with Crippen molar-refractivity contribution in [3.05, 3.63) is 53.9 Å². The molecule has 0 spiro atoms. The first-order valence-corrected chi connectivity index (χ1v) is 5.02. The van der Waals surface area contributed by atoms with Crippen LogP contribution in [0.3, 0.4) is 0 Å². The van der Waals surface area contributed by atoms with Crippen LogP contribution in [-0.4, -0.2) is 9.55 Å². The van der Waals surface area contributed by atoms with Crippen LogP contribution in [0, 0.1) is 5.82 Å². The van der Waals surface area contributed by atoms with Crippen molar-refractivity contribution in [2.75, 3.05) is 0 Å². The molecule has 3 heteroatoms. The lowest BCUT2D eigenvalue weighted by atomic mass is 10.1. The van der Waals surface area contributed by atoms with Gasteiger partial charge in [0, 0.05) is 18.9 Å². The number of rotatable bonds is 3. The van der Waals surface area contributed by atoms with E-state index in [1.807, 2.05) is 23.8 Å². The van der Waals surface area contributed by atoms with Crippen molar-refractivity contribution >= 4 is 0 Å². The monoisotopic (exact) mass is 204 g/mol. The number of hydrogen-bond acceptors (Lipinski definition) is 1. The summed E-state index contributed by atoms with van der Waals surface area (Å²) in [5.74, 6) is -0.163. The van der Waals surface area contributed by atoms with Gasteiger partial charge in [-0.05, 0) is 29.7 Å². The predicted octanol–water partition coefficient (Wildman–Crippen LogP) is 2.63.